The number of methoxy groups -OCH3 is 1. The number of aromatic amines is 1. The van der Waals surface area contributed by atoms with Gasteiger partial charge in [-0.1, -0.05) is 11.6 Å². The lowest BCUT2D eigenvalue weighted by Gasteiger charge is -2.06. The van der Waals surface area contributed by atoms with Gasteiger partial charge in [0.2, 0.25) is 4.77 Å². The van der Waals surface area contributed by atoms with E-state index in [-0.39, 0.29) is 5.75 Å². The molecule has 0 atom stereocenters. The van der Waals surface area contributed by atoms with Gasteiger partial charge in [-0.15, -0.1) is 0 Å². The first-order valence-corrected chi connectivity index (χ1v) is 8.61. The van der Waals surface area contributed by atoms with Crippen molar-refractivity contribution in [3.63, 3.8) is 0 Å². The molecule has 3 rings (SSSR count). The lowest BCUT2D eigenvalue weighted by atomic mass is 10.2. The number of nitrogens with one attached hydrogen (secondary N) is 1. The largest absolute Gasteiger partial charge is 0.503 e. The number of phenolic OH excluding ortho intramolecular Hbond substituents is 1. The van der Waals surface area contributed by atoms with E-state index in [1.54, 1.807) is 30.5 Å². The summed E-state index contributed by atoms with van der Waals surface area (Å²) < 4.78 is 7.49. The lowest BCUT2D eigenvalue weighted by Crippen LogP contribution is -1.95. The molecule has 2 aromatic carbocycles. The van der Waals surface area contributed by atoms with Gasteiger partial charge >= 0.3 is 0 Å². The minimum absolute atomic E-state index is 0.0291. The van der Waals surface area contributed by atoms with Crippen molar-refractivity contribution >= 4 is 46.0 Å². The molecule has 0 unspecified atom stereocenters. The van der Waals surface area contributed by atoms with Crippen molar-refractivity contribution in [2.24, 2.45) is 5.10 Å². The first-order valence-electron chi connectivity index (χ1n) is 7.04. The molecule has 0 saturated heterocycles. The summed E-state index contributed by atoms with van der Waals surface area (Å²) in [4.78, 5) is 0. The zero-order valence-corrected chi connectivity index (χ0v) is 16.1. The zero-order valence-electron chi connectivity index (χ0n) is 12.9. The monoisotopic (exact) mass is 438 g/mol. The average molecular weight is 440 g/mol. The zero-order chi connectivity index (χ0) is 18.0. The summed E-state index contributed by atoms with van der Waals surface area (Å²) in [5, 5.41) is 21.8. The summed E-state index contributed by atoms with van der Waals surface area (Å²) in [6.45, 7) is 0. The second kappa shape index (κ2) is 7.38. The van der Waals surface area contributed by atoms with Crippen molar-refractivity contribution in [1.29, 1.82) is 0 Å². The summed E-state index contributed by atoms with van der Waals surface area (Å²) in [5.41, 5.74) is 1.53. The van der Waals surface area contributed by atoms with Gasteiger partial charge in [0.05, 0.1) is 17.8 Å². The highest BCUT2D eigenvalue weighted by Crippen LogP contribution is 2.34. The van der Waals surface area contributed by atoms with Gasteiger partial charge in [-0.05, 0) is 70.1 Å². The Balaban J connectivity index is 2.00. The molecule has 2 N–H and O–H groups in total. The quantitative estimate of drug-likeness (QED) is 0.459. The smallest absolute Gasteiger partial charge is 0.216 e. The van der Waals surface area contributed by atoms with Crippen LogP contribution in [0.1, 0.15) is 5.56 Å². The predicted molar refractivity (Wildman–Crippen MR) is 103 cm³/mol. The van der Waals surface area contributed by atoms with Crippen LogP contribution >= 0.6 is 39.7 Å². The minimum Gasteiger partial charge on any atom is -0.503 e. The number of aromatic nitrogens is 3. The Bertz CT molecular complexity index is 998. The second-order valence-electron chi connectivity index (χ2n) is 4.97. The molecule has 0 radical (unpaired) electrons. The Morgan fingerprint density at radius 1 is 1.36 bits per heavy atom. The number of hydrogen-bond donors (Lipinski definition) is 2. The molecule has 0 aliphatic rings. The fourth-order valence-electron chi connectivity index (χ4n) is 2.13. The Labute approximate surface area is 161 Å². The van der Waals surface area contributed by atoms with Crippen LogP contribution in [0, 0.1) is 4.77 Å². The Morgan fingerprint density at radius 3 is 2.76 bits per heavy atom. The Hall–Kier alpha value is -2.16. The fraction of sp³-hybridized carbons (Fsp3) is 0.0625. The number of benzene rings is 2. The van der Waals surface area contributed by atoms with E-state index in [9.17, 15) is 5.11 Å². The first kappa shape index (κ1) is 17.7. The number of H-pyrrole nitrogens is 1. The number of aromatic hydroxyl groups is 1. The van der Waals surface area contributed by atoms with Crippen molar-refractivity contribution in [2.45, 2.75) is 0 Å². The number of halogens is 2. The first-order chi connectivity index (χ1) is 12.0. The Kier molecular flexibility index (Phi) is 5.22. The van der Waals surface area contributed by atoms with Crippen LogP contribution in [0.3, 0.4) is 0 Å². The molecule has 0 bridgehead atoms. The van der Waals surface area contributed by atoms with Gasteiger partial charge < -0.3 is 9.84 Å². The second-order valence-corrected chi connectivity index (χ2v) is 6.65. The molecule has 0 aliphatic heterocycles. The van der Waals surface area contributed by atoms with E-state index in [1.165, 1.54) is 11.8 Å². The molecule has 25 heavy (non-hydrogen) atoms. The summed E-state index contributed by atoms with van der Waals surface area (Å²) >= 11 is 14.4. The molecule has 0 aliphatic carbocycles. The molecule has 1 aromatic heterocycles. The van der Waals surface area contributed by atoms with E-state index in [1.807, 2.05) is 12.1 Å². The van der Waals surface area contributed by atoms with Gasteiger partial charge in [-0.2, -0.15) is 14.9 Å². The molecule has 0 fully saturated rings. The van der Waals surface area contributed by atoms with E-state index < -0.39 is 0 Å². The van der Waals surface area contributed by atoms with E-state index >= 15 is 0 Å². The van der Waals surface area contributed by atoms with Crippen LogP contribution in [0.25, 0.3) is 11.4 Å². The molecule has 0 amide bonds. The van der Waals surface area contributed by atoms with Crippen LogP contribution in [-0.2, 0) is 0 Å². The van der Waals surface area contributed by atoms with Crippen LogP contribution < -0.4 is 4.74 Å². The molecule has 128 valence electrons. The minimum atomic E-state index is 0.0291. The number of ether oxygens (including phenoxy) is 1. The maximum atomic E-state index is 9.87. The van der Waals surface area contributed by atoms with Crippen molar-refractivity contribution in [2.75, 3.05) is 7.11 Å². The maximum absolute atomic E-state index is 9.87. The topological polar surface area (TPSA) is 75.4 Å². The number of rotatable bonds is 4. The highest BCUT2D eigenvalue weighted by Gasteiger charge is 2.10. The van der Waals surface area contributed by atoms with E-state index in [4.69, 9.17) is 28.6 Å². The number of nitrogens with zero attached hydrogens (tertiary/aromatic N) is 3. The lowest BCUT2D eigenvalue weighted by molar-refractivity contribution is 0.372. The summed E-state index contributed by atoms with van der Waals surface area (Å²) in [6.07, 6.45) is 1.59. The third-order valence-electron chi connectivity index (χ3n) is 3.35. The van der Waals surface area contributed by atoms with E-state index in [0.717, 1.165) is 5.56 Å². The predicted octanol–water partition coefficient (Wildman–Crippen LogP) is 4.62. The summed E-state index contributed by atoms with van der Waals surface area (Å²) in [7, 11) is 1.48. The number of hydrogen-bond acceptors (Lipinski definition) is 5. The van der Waals surface area contributed by atoms with Gasteiger partial charge in [0.1, 0.15) is 0 Å². The van der Waals surface area contributed by atoms with Crippen LogP contribution in [0.4, 0.5) is 0 Å². The van der Waals surface area contributed by atoms with Crippen LogP contribution in [0.15, 0.2) is 46.0 Å². The van der Waals surface area contributed by atoms with Gasteiger partial charge in [-0.3, -0.25) is 0 Å². The molecule has 9 heteroatoms. The SMILES string of the molecule is COc1cc(/C=N\n2c(-c3ccc(Cl)cc3)n[nH]c2=S)cc(Br)c1O. The van der Waals surface area contributed by atoms with Crippen molar-refractivity contribution < 1.29 is 9.84 Å². The van der Waals surface area contributed by atoms with Crippen LogP contribution in [0.2, 0.25) is 5.02 Å². The summed E-state index contributed by atoms with van der Waals surface area (Å²) in [5.74, 6) is 0.925. The standard InChI is InChI=1S/C16H12BrClN4O2S/c1-24-13-7-9(6-12(17)14(13)23)8-19-22-15(20-21-16(22)25)10-2-4-11(18)5-3-10/h2-8,23H,1H3,(H,21,25)/b19-8-. The van der Waals surface area contributed by atoms with E-state index in [2.05, 4.69) is 31.2 Å². The normalized spacial score (nSPS) is 11.2. The van der Waals surface area contributed by atoms with Crippen LogP contribution in [-0.4, -0.2) is 33.3 Å². The third kappa shape index (κ3) is 3.76. The Morgan fingerprint density at radius 2 is 2.08 bits per heavy atom. The maximum Gasteiger partial charge on any atom is 0.216 e. The highest BCUT2D eigenvalue weighted by atomic mass is 79.9. The molecule has 0 spiro atoms. The molecular formula is C16H12BrClN4O2S. The van der Waals surface area contributed by atoms with Crippen molar-refractivity contribution in [1.82, 2.24) is 14.9 Å². The third-order valence-corrected chi connectivity index (χ3v) is 4.47. The van der Waals surface area contributed by atoms with Gasteiger partial charge in [-0.25, -0.2) is 5.10 Å². The number of phenols is 1. The van der Waals surface area contributed by atoms with E-state index in [0.29, 0.717) is 31.4 Å². The van der Waals surface area contributed by atoms with Gasteiger partial charge in [0.25, 0.3) is 0 Å². The molecule has 0 saturated carbocycles. The summed E-state index contributed by atoms with van der Waals surface area (Å²) in [6, 6.07) is 10.6. The van der Waals surface area contributed by atoms with Crippen molar-refractivity contribution in [3.05, 3.63) is 56.2 Å². The molecular weight excluding hydrogens is 428 g/mol. The molecule has 1 heterocycles. The van der Waals surface area contributed by atoms with Crippen LogP contribution in [0.5, 0.6) is 11.5 Å². The molecule has 6 nitrogen and oxygen atoms in total. The van der Waals surface area contributed by atoms with Gasteiger partial charge in [0, 0.05) is 10.6 Å². The fourth-order valence-corrected chi connectivity index (χ4v) is 2.90. The molecule has 3 aromatic rings. The average Bonchev–Trinajstić information content (AvgIpc) is 2.97. The van der Waals surface area contributed by atoms with Crippen molar-refractivity contribution in [3.8, 4) is 22.9 Å². The highest BCUT2D eigenvalue weighted by molar-refractivity contribution is 9.10. The van der Waals surface area contributed by atoms with Gasteiger partial charge in [0.15, 0.2) is 17.3 Å².